The minimum atomic E-state index is -2.62. The molecule has 4 heteroatoms. The van der Waals surface area contributed by atoms with Crippen molar-refractivity contribution in [2.24, 2.45) is 0 Å². The summed E-state index contributed by atoms with van der Waals surface area (Å²) in [5, 5.41) is 9.32. The molecule has 0 aliphatic carbocycles. The second-order valence-corrected chi connectivity index (χ2v) is 2.85. The van der Waals surface area contributed by atoms with Crippen molar-refractivity contribution in [3.63, 3.8) is 0 Å². The number of alkyl halides is 2. The van der Waals surface area contributed by atoms with Gasteiger partial charge in [0.05, 0.1) is 0 Å². The molecule has 0 spiro atoms. The minimum Gasteiger partial charge on any atom is -0.508 e. The number of hydrogen-bond donors (Lipinski definition) is 1. The predicted molar refractivity (Wildman–Crippen MR) is 47.4 cm³/mol. The second kappa shape index (κ2) is 4.69. The van der Waals surface area contributed by atoms with Gasteiger partial charge in [-0.1, -0.05) is 12.1 Å². The molecule has 0 aliphatic heterocycles. The summed E-state index contributed by atoms with van der Waals surface area (Å²) in [5.41, 5.74) is -0.0403. The summed E-state index contributed by atoms with van der Waals surface area (Å²) < 4.78 is 24.9. The highest BCUT2D eigenvalue weighted by Gasteiger charge is 2.14. The highest BCUT2D eigenvalue weighted by Crippen LogP contribution is 2.29. The molecule has 0 fully saturated rings. The zero-order valence-electron chi connectivity index (χ0n) is 7.41. The maximum Gasteiger partial charge on any atom is 0.264 e. The van der Waals surface area contributed by atoms with E-state index in [0.717, 1.165) is 0 Å². The van der Waals surface area contributed by atoms with Gasteiger partial charge in [-0.05, 0) is 12.5 Å². The summed E-state index contributed by atoms with van der Waals surface area (Å²) in [5.74, 6) is -0.176. The van der Waals surface area contributed by atoms with Crippen molar-refractivity contribution in [2.45, 2.75) is 19.3 Å². The number of benzene rings is 1. The monoisotopic (exact) mass is 200 g/mol. The van der Waals surface area contributed by atoms with Gasteiger partial charge in [0, 0.05) is 17.5 Å². The standard InChI is InChI=1S/C10H10F2O2/c11-10(12)8-3-1-5-9(14)7(8)4-2-6-13/h1,3,5-6,10,14H,2,4H2. The quantitative estimate of drug-likeness (QED) is 0.758. The lowest BCUT2D eigenvalue weighted by atomic mass is 10.0. The molecule has 0 radical (unpaired) electrons. The SMILES string of the molecule is O=CCCc1c(O)cccc1C(F)F. The van der Waals surface area contributed by atoms with Crippen molar-refractivity contribution in [1.29, 1.82) is 0 Å². The Labute approximate surface area is 80.2 Å². The van der Waals surface area contributed by atoms with E-state index in [2.05, 4.69) is 0 Å². The number of carbonyl (C=O) groups is 1. The van der Waals surface area contributed by atoms with Crippen LogP contribution in [0.3, 0.4) is 0 Å². The number of rotatable bonds is 4. The van der Waals surface area contributed by atoms with Crippen LogP contribution in [0.15, 0.2) is 18.2 Å². The largest absolute Gasteiger partial charge is 0.508 e. The van der Waals surface area contributed by atoms with Crippen LogP contribution in [0.25, 0.3) is 0 Å². The molecule has 1 aromatic carbocycles. The second-order valence-electron chi connectivity index (χ2n) is 2.85. The van der Waals surface area contributed by atoms with E-state index in [1.807, 2.05) is 0 Å². The first-order chi connectivity index (χ1) is 6.66. The van der Waals surface area contributed by atoms with Gasteiger partial charge in [-0.2, -0.15) is 0 Å². The van der Waals surface area contributed by atoms with E-state index in [4.69, 9.17) is 0 Å². The summed E-state index contributed by atoms with van der Waals surface area (Å²) in [6, 6.07) is 3.96. The number of phenolic OH excluding ortho intramolecular Hbond substituents is 1. The van der Waals surface area contributed by atoms with E-state index in [1.54, 1.807) is 0 Å². The average molecular weight is 200 g/mol. The average Bonchev–Trinajstić information content (AvgIpc) is 2.15. The van der Waals surface area contributed by atoms with Crippen molar-refractivity contribution < 1.29 is 18.7 Å². The maximum atomic E-state index is 12.4. The fourth-order valence-electron chi connectivity index (χ4n) is 1.27. The topological polar surface area (TPSA) is 37.3 Å². The summed E-state index contributed by atoms with van der Waals surface area (Å²) in [4.78, 5) is 10.1. The summed E-state index contributed by atoms with van der Waals surface area (Å²) in [6.07, 6.45) is -1.70. The van der Waals surface area contributed by atoms with Crippen molar-refractivity contribution in [1.82, 2.24) is 0 Å². The third kappa shape index (κ3) is 2.28. The molecule has 0 unspecified atom stereocenters. The van der Waals surface area contributed by atoms with Gasteiger partial charge in [0.1, 0.15) is 12.0 Å². The molecule has 0 amide bonds. The molecular weight excluding hydrogens is 190 g/mol. The highest BCUT2D eigenvalue weighted by atomic mass is 19.3. The van der Waals surface area contributed by atoms with Crippen molar-refractivity contribution >= 4 is 6.29 Å². The lowest BCUT2D eigenvalue weighted by Gasteiger charge is -2.08. The fraction of sp³-hybridized carbons (Fsp3) is 0.300. The van der Waals surface area contributed by atoms with Gasteiger partial charge in [0.25, 0.3) is 6.43 Å². The van der Waals surface area contributed by atoms with E-state index in [1.165, 1.54) is 18.2 Å². The summed E-state index contributed by atoms with van der Waals surface area (Å²) in [7, 11) is 0. The van der Waals surface area contributed by atoms with Crippen LogP contribution in [0, 0.1) is 0 Å². The van der Waals surface area contributed by atoms with Gasteiger partial charge in [0.15, 0.2) is 0 Å². The lowest BCUT2D eigenvalue weighted by Crippen LogP contribution is -1.96. The third-order valence-corrected chi connectivity index (χ3v) is 1.93. The Morgan fingerprint density at radius 3 is 2.71 bits per heavy atom. The van der Waals surface area contributed by atoms with Crippen LogP contribution >= 0.6 is 0 Å². The minimum absolute atomic E-state index is 0.136. The Hall–Kier alpha value is -1.45. The Morgan fingerprint density at radius 2 is 2.14 bits per heavy atom. The van der Waals surface area contributed by atoms with Crippen molar-refractivity contribution in [3.8, 4) is 5.75 Å². The Bertz CT molecular complexity index is 324. The van der Waals surface area contributed by atoms with Gasteiger partial charge in [-0.15, -0.1) is 0 Å². The summed E-state index contributed by atoms with van der Waals surface area (Å²) >= 11 is 0. The molecule has 0 atom stereocenters. The van der Waals surface area contributed by atoms with Crippen LogP contribution in [0.5, 0.6) is 5.75 Å². The van der Waals surface area contributed by atoms with Crippen LogP contribution in [0.4, 0.5) is 8.78 Å². The normalized spacial score (nSPS) is 10.5. The number of aromatic hydroxyl groups is 1. The molecule has 0 aromatic heterocycles. The summed E-state index contributed by atoms with van der Waals surface area (Å²) in [6.45, 7) is 0. The molecule has 0 aliphatic rings. The molecule has 14 heavy (non-hydrogen) atoms. The molecule has 1 rings (SSSR count). The number of aldehydes is 1. The molecule has 1 N–H and O–H groups in total. The van der Waals surface area contributed by atoms with Crippen molar-refractivity contribution in [3.05, 3.63) is 29.3 Å². The van der Waals surface area contributed by atoms with Crippen LogP contribution in [0.1, 0.15) is 24.0 Å². The van der Waals surface area contributed by atoms with E-state index in [-0.39, 0.29) is 29.7 Å². The van der Waals surface area contributed by atoms with E-state index < -0.39 is 6.43 Å². The first-order valence-electron chi connectivity index (χ1n) is 4.19. The smallest absolute Gasteiger partial charge is 0.264 e. The first-order valence-corrected chi connectivity index (χ1v) is 4.19. The molecule has 0 saturated heterocycles. The number of carbonyl (C=O) groups excluding carboxylic acids is 1. The fourth-order valence-corrected chi connectivity index (χ4v) is 1.27. The Morgan fingerprint density at radius 1 is 1.43 bits per heavy atom. The molecule has 76 valence electrons. The zero-order chi connectivity index (χ0) is 10.6. The van der Waals surface area contributed by atoms with Gasteiger partial charge >= 0.3 is 0 Å². The molecule has 0 saturated carbocycles. The first kappa shape index (κ1) is 10.6. The van der Waals surface area contributed by atoms with Gasteiger partial charge < -0.3 is 9.90 Å². The van der Waals surface area contributed by atoms with Crippen LogP contribution < -0.4 is 0 Å². The van der Waals surface area contributed by atoms with E-state index >= 15 is 0 Å². The predicted octanol–water partition coefficient (Wildman–Crippen LogP) is 2.46. The molecular formula is C10H10F2O2. The Kier molecular flexibility index (Phi) is 3.56. The zero-order valence-corrected chi connectivity index (χ0v) is 7.41. The number of halogens is 2. The maximum absolute atomic E-state index is 12.4. The molecule has 0 heterocycles. The highest BCUT2D eigenvalue weighted by molar-refractivity contribution is 5.51. The van der Waals surface area contributed by atoms with Crippen molar-refractivity contribution in [2.75, 3.05) is 0 Å². The number of phenols is 1. The lowest BCUT2D eigenvalue weighted by molar-refractivity contribution is -0.107. The van der Waals surface area contributed by atoms with E-state index in [9.17, 15) is 18.7 Å². The van der Waals surface area contributed by atoms with Gasteiger partial charge in [0.2, 0.25) is 0 Å². The van der Waals surface area contributed by atoms with Crippen LogP contribution in [-0.4, -0.2) is 11.4 Å². The molecule has 0 bridgehead atoms. The van der Waals surface area contributed by atoms with E-state index in [0.29, 0.717) is 6.29 Å². The van der Waals surface area contributed by atoms with Gasteiger partial charge in [-0.3, -0.25) is 0 Å². The van der Waals surface area contributed by atoms with Crippen LogP contribution in [-0.2, 0) is 11.2 Å². The van der Waals surface area contributed by atoms with Gasteiger partial charge in [-0.25, -0.2) is 8.78 Å². The number of hydrogen-bond acceptors (Lipinski definition) is 2. The molecule has 2 nitrogen and oxygen atoms in total. The van der Waals surface area contributed by atoms with Crippen LogP contribution in [0.2, 0.25) is 0 Å². The third-order valence-electron chi connectivity index (χ3n) is 1.93. The molecule has 1 aromatic rings. The Balaban J connectivity index is 3.02.